The summed E-state index contributed by atoms with van der Waals surface area (Å²) in [6, 6.07) is 8.71. The first-order chi connectivity index (χ1) is 14.5. The van der Waals surface area contributed by atoms with Crippen molar-refractivity contribution in [1.82, 2.24) is 10.1 Å². The lowest BCUT2D eigenvalue weighted by atomic mass is 9.93. The third-order valence-electron chi connectivity index (χ3n) is 4.28. The van der Waals surface area contributed by atoms with Crippen molar-refractivity contribution in [2.75, 3.05) is 17.3 Å². The molecular formula is C21H22ClN5O4. The smallest absolute Gasteiger partial charge is 0.316 e. The van der Waals surface area contributed by atoms with Gasteiger partial charge in [0.15, 0.2) is 5.82 Å². The zero-order chi connectivity index (χ0) is 22.8. The van der Waals surface area contributed by atoms with Crippen LogP contribution in [0.15, 0.2) is 47.1 Å². The second kappa shape index (κ2) is 8.65. The number of benzene rings is 1. The van der Waals surface area contributed by atoms with E-state index in [1.54, 1.807) is 31.3 Å². The third kappa shape index (κ3) is 5.32. The number of primary amides is 1. The highest BCUT2D eigenvalue weighted by Crippen LogP contribution is 2.31. The van der Waals surface area contributed by atoms with Crippen molar-refractivity contribution >= 4 is 35.0 Å². The molecular weight excluding hydrogens is 422 g/mol. The molecule has 1 aromatic carbocycles. The number of carbonyl (C=O) groups is 2. The van der Waals surface area contributed by atoms with E-state index in [4.69, 9.17) is 26.6 Å². The fourth-order valence-electron chi connectivity index (χ4n) is 2.59. The van der Waals surface area contributed by atoms with Crippen LogP contribution in [0.2, 0.25) is 5.02 Å². The van der Waals surface area contributed by atoms with Crippen LogP contribution in [0.3, 0.4) is 0 Å². The lowest BCUT2D eigenvalue weighted by Crippen LogP contribution is -2.26. The van der Waals surface area contributed by atoms with Gasteiger partial charge in [0.25, 0.3) is 5.91 Å². The second-order valence-electron chi connectivity index (χ2n) is 7.78. The maximum absolute atomic E-state index is 12.9. The van der Waals surface area contributed by atoms with Gasteiger partial charge in [-0.1, -0.05) is 37.5 Å². The molecule has 0 unspecified atom stereocenters. The molecule has 0 saturated carbocycles. The number of rotatable bonds is 5. The van der Waals surface area contributed by atoms with Crippen LogP contribution in [0, 0.1) is 0 Å². The fraction of sp³-hybridized carbons (Fsp3) is 0.238. The van der Waals surface area contributed by atoms with Gasteiger partial charge in [0.05, 0.1) is 5.02 Å². The van der Waals surface area contributed by atoms with Gasteiger partial charge in [0.2, 0.25) is 5.88 Å². The molecule has 0 aliphatic rings. The highest BCUT2D eigenvalue weighted by Gasteiger charge is 2.23. The van der Waals surface area contributed by atoms with E-state index in [1.807, 2.05) is 20.8 Å². The van der Waals surface area contributed by atoms with Gasteiger partial charge < -0.3 is 20.3 Å². The quantitative estimate of drug-likeness (QED) is 0.594. The van der Waals surface area contributed by atoms with E-state index < -0.39 is 6.03 Å². The molecule has 2 aromatic heterocycles. The molecule has 2 heterocycles. The number of nitrogens with zero attached hydrogens (tertiary/aromatic N) is 3. The van der Waals surface area contributed by atoms with Crippen LogP contribution in [-0.4, -0.2) is 29.1 Å². The standard InChI is InChI=1S/C21H22ClN5O4/c1-21(2,3)16-11-17(26-31-16)27(4)19(28)12-7-8-24-18(9-12)30-15-6-5-13(10-14(15)22)25-20(23)29/h5-11H,1-4H3,(H3,23,25,29). The molecule has 0 aliphatic heterocycles. The van der Waals surface area contributed by atoms with Crippen molar-refractivity contribution < 1.29 is 18.8 Å². The van der Waals surface area contributed by atoms with E-state index in [9.17, 15) is 9.59 Å². The molecule has 0 bridgehead atoms. The number of halogens is 1. The van der Waals surface area contributed by atoms with Crippen LogP contribution in [0.25, 0.3) is 0 Å². The molecule has 0 aliphatic carbocycles. The molecule has 3 aromatic rings. The Morgan fingerprint density at radius 3 is 2.55 bits per heavy atom. The van der Waals surface area contributed by atoms with E-state index in [-0.39, 0.29) is 22.2 Å². The minimum Gasteiger partial charge on any atom is -0.437 e. The number of urea groups is 1. The minimum absolute atomic E-state index is 0.173. The number of amides is 3. The van der Waals surface area contributed by atoms with Crippen molar-refractivity contribution in [2.45, 2.75) is 26.2 Å². The predicted octanol–water partition coefficient (Wildman–Crippen LogP) is 4.58. The Hall–Kier alpha value is -3.59. The number of anilines is 2. The Morgan fingerprint density at radius 2 is 1.94 bits per heavy atom. The fourth-order valence-corrected chi connectivity index (χ4v) is 2.81. The molecule has 3 rings (SSSR count). The van der Waals surface area contributed by atoms with E-state index in [1.165, 1.54) is 23.2 Å². The summed E-state index contributed by atoms with van der Waals surface area (Å²) in [5, 5.41) is 6.64. The van der Waals surface area contributed by atoms with Gasteiger partial charge >= 0.3 is 6.03 Å². The summed E-state index contributed by atoms with van der Waals surface area (Å²) in [6.07, 6.45) is 1.46. The topological polar surface area (TPSA) is 124 Å². The molecule has 0 spiro atoms. The number of nitrogens with one attached hydrogen (secondary N) is 1. The summed E-state index contributed by atoms with van der Waals surface area (Å²) in [5.74, 6) is 1.23. The highest BCUT2D eigenvalue weighted by atomic mass is 35.5. The Balaban J connectivity index is 1.77. The van der Waals surface area contributed by atoms with Crippen LogP contribution < -0.4 is 20.7 Å². The normalized spacial score (nSPS) is 11.1. The lowest BCUT2D eigenvalue weighted by molar-refractivity contribution is 0.0991. The summed E-state index contributed by atoms with van der Waals surface area (Å²) < 4.78 is 11.1. The Bertz CT molecular complexity index is 1120. The summed E-state index contributed by atoms with van der Waals surface area (Å²) >= 11 is 6.20. The van der Waals surface area contributed by atoms with Gasteiger partial charge in [-0.05, 0) is 24.3 Å². The summed E-state index contributed by atoms with van der Waals surface area (Å²) in [7, 11) is 1.61. The SMILES string of the molecule is CN(C(=O)c1ccnc(Oc2ccc(NC(N)=O)cc2Cl)c1)c1cc(C(C)(C)C)on1. The number of aromatic nitrogens is 2. The monoisotopic (exact) mass is 443 g/mol. The Kier molecular flexibility index (Phi) is 6.16. The van der Waals surface area contributed by atoms with Crippen LogP contribution in [0.1, 0.15) is 36.9 Å². The van der Waals surface area contributed by atoms with Crippen molar-refractivity contribution in [2.24, 2.45) is 5.73 Å². The largest absolute Gasteiger partial charge is 0.437 e. The Labute approximate surface area is 184 Å². The molecule has 0 atom stereocenters. The molecule has 3 amide bonds. The van der Waals surface area contributed by atoms with Crippen molar-refractivity contribution in [3.05, 3.63) is 58.9 Å². The van der Waals surface area contributed by atoms with E-state index in [0.717, 1.165) is 0 Å². The number of pyridine rings is 1. The molecule has 0 saturated heterocycles. The van der Waals surface area contributed by atoms with E-state index in [2.05, 4.69) is 15.5 Å². The maximum Gasteiger partial charge on any atom is 0.316 e. The summed E-state index contributed by atoms with van der Waals surface area (Å²) in [5.41, 5.74) is 5.63. The first-order valence-corrected chi connectivity index (χ1v) is 9.67. The number of ether oxygens (including phenoxy) is 1. The first-order valence-electron chi connectivity index (χ1n) is 9.30. The van der Waals surface area contributed by atoms with Crippen molar-refractivity contribution in [3.63, 3.8) is 0 Å². The van der Waals surface area contributed by atoms with E-state index >= 15 is 0 Å². The van der Waals surface area contributed by atoms with Gasteiger partial charge in [-0.15, -0.1) is 0 Å². The average molecular weight is 444 g/mol. The van der Waals surface area contributed by atoms with Crippen molar-refractivity contribution in [1.29, 1.82) is 0 Å². The van der Waals surface area contributed by atoms with Crippen molar-refractivity contribution in [3.8, 4) is 11.6 Å². The molecule has 0 radical (unpaired) electrons. The molecule has 31 heavy (non-hydrogen) atoms. The third-order valence-corrected chi connectivity index (χ3v) is 4.58. The van der Waals surface area contributed by atoms with Crippen LogP contribution in [0.4, 0.5) is 16.3 Å². The average Bonchev–Trinajstić information content (AvgIpc) is 3.19. The van der Waals surface area contributed by atoms with Crippen LogP contribution in [-0.2, 0) is 5.41 Å². The van der Waals surface area contributed by atoms with Gasteiger partial charge in [-0.25, -0.2) is 9.78 Å². The van der Waals surface area contributed by atoms with Gasteiger partial charge in [0, 0.05) is 42.0 Å². The molecule has 0 fully saturated rings. The van der Waals surface area contributed by atoms with Gasteiger partial charge in [-0.3, -0.25) is 9.69 Å². The predicted molar refractivity (Wildman–Crippen MR) is 117 cm³/mol. The zero-order valence-electron chi connectivity index (χ0n) is 17.5. The first kappa shape index (κ1) is 22.1. The minimum atomic E-state index is -0.705. The molecule has 162 valence electrons. The number of carbonyl (C=O) groups excluding carboxylic acids is 2. The molecule has 3 N–H and O–H groups in total. The van der Waals surface area contributed by atoms with E-state index in [0.29, 0.717) is 28.6 Å². The zero-order valence-corrected chi connectivity index (χ0v) is 18.2. The summed E-state index contributed by atoms with van der Waals surface area (Å²) in [4.78, 5) is 29.4. The number of hydrogen-bond acceptors (Lipinski definition) is 6. The van der Waals surface area contributed by atoms with Gasteiger partial charge in [-0.2, -0.15) is 0 Å². The second-order valence-corrected chi connectivity index (χ2v) is 8.19. The lowest BCUT2D eigenvalue weighted by Gasteiger charge is -2.15. The van der Waals surface area contributed by atoms with Crippen LogP contribution in [0.5, 0.6) is 11.6 Å². The van der Waals surface area contributed by atoms with Gasteiger partial charge in [0.1, 0.15) is 11.5 Å². The molecule has 9 nitrogen and oxygen atoms in total. The van der Waals surface area contributed by atoms with Crippen LogP contribution >= 0.6 is 11.6 Å². The summed E-state index contributed by atoms with van der Waals surface area (Å²) in [6.45, 7) is 5.98. The Morgan fingerprint density at radius 1 is 1.19 bits per heavy atom. The maximum atomic E-state index is 12.9. The molecule has 10 heteroatoms. The number of nitrogens with two attached hydrogens (primary N) is 1. The highest BCUT2D eigenvalue weighted by molar-refractivity contribution is 6.32. The number of hydrogen-bond donors (Lipinski definition) is 2.